The number of sulfonamides is 1. The van der Waals surface area contributed by atoms with E-state index in [1.54, 1.807) is 24.3 Å². The van der Waals surface area contributed by atoms with Crippen molar-refractivity contribution in [2.75, 3.05) is 11.0 Å². The number of aldehydes is 1. The highest BCUT2D eigenvalue weighted by Gasteiger charge is 2.00. The van der Waals surface area contributed by atoms with E-state index in [9.17, 15) is 13.2 Å². The van der Waals surface area contributed by atoms with E-state index in [4.69, 9.17) is 0 Å². The van der Waals surface area contributed by atoms with E-state index in [1.165, 1.54) is 0 Å². The van der Waals surface area contributed by atoms with Crippen LogP contribution in [0.25, 0.3) is 0 Å². The van der Waals surface area contributed by atoms with Crippen LogP contribution in [0.5, 0.6) is 0 Å². The SMILES string of the molecule is CS(=O)(=O)Nc1cccc(C#CC=O)c1. The largest absolute Gasteiger partial charge is 0.289 e. The Kier molecular flexibility index (Phi) is 3.47. The number of hydrogen-bond donors (Lipinski definition) is 1. The van der Waals surface area contributed by atoms with E-state index in [0.717, 1.165) is 6.26 Å². The Labute approximate surface area is 88.4 Å². The van der Waals surface area contributed by atoms with Gasteiger partial charge in [-0.1, -0.05) is 12.0 Å². The molecule has 0 aromatic heterocycles. The van der Waals surface area contributed by atoms with Gasteiger partial charge in [-0.15, -0.1) is 0 Å². The van der Waals surface area contributed by atoms with Crippen LogP contribution in [-0.4, -0.2) is 21.0 Å². The molecule has 0 saturated carbocycles. The molecule has 1 aromatic carbocycles. The third kappa shape index (κ3) is 4.29. The predicted molar refractivity (Wildman–Crippen MR) is 57.9 cm³/mol. The molecule has 0 unspecified atom stereocenters. The lowest BCUT2D eigenvalue weighted by atomic mass is 10.2. The summed E-state index contributed by atoms with van der Waals surface area (Å²) >= 11 is 0. The molecule has 4 nitrogen and oxygen atoms in total. The Morgan fingerprint density at radius 1 is 1.40 bits per heavy atom. The molecule has 1 aromatic rings. The quantitative estimate of drug-likeness (QED) is 0.590. The lowest BCUT2D eigenvalue weighted by molar-refractivity contribution is -0.103. The molecule has 0 aliphatic carbocycles. The summed E-state index contributed by atoms with van der Waals surface area (Å²) in [5.41, 5.74) is 1.01. The number of nitrogens with one attached hydrogen (secondary N) is 1. The van der Waals surface area contributed by atoms with E-state index in [0.29, 0.717) is 17.5 Å². The summed E-state index contributed by atoms with van der Waals surface area (Å²) in [6.45, 7) is 0. The van der Waals surface area contributed by atoms with Gasteiger partial charge in [0.15, 0.2) is 6.29 Å². The lowest BCUT2D eigenvalue weighted by Crippen LogP contribution is -2.09. The molecule has 0 spiro atoms. The fraction of sp³-hybridized carbons (Fsp3) is 0.100. The van der Waals surface area contributed by atoms with Crippen LogP contribution in [0, 0.1) is 11.8 Å². The summed E-state index contributed by atoms with van der Waals surface area (Å²) in [5.74, 6) is 4.81. The van der Waals surface area contributed by atoms with Crippen LogP contribution in [-0.2, 0) is 14.8 Å². The summed E-state index contributed by atoms with van der Waals surface area (Å²) in [5, 5.41) is 0. The van der Waals surface area contributed by atoms with Crippen LogP contribution in [0.1, 0.15) is 5.56 Å². The second kappa shape index (κ2) is 4.62. The number of rotatable bonds is 2. The minimum atomic E-state index is -3.28. The van der Waals surface area contributed by atoms with Gasteiger partial charge in [0, 0.05) is 11.3 Å². The standard InChI is InChI=1S/C10H9NO3S/c1-15(13,14)11-10-6-2-4-9(8-10)5-3-7-12/h2,4,6-8,11H,1H3. The first-order valence-corrected chi connectivity index (χ1v) is 5.93. The van der Waals surface area contributed by atoms with Crippen molar-refractivity contribution in [2.24, 2.45) is 0 Å². The minimum absolute atomic E-state index is 0.426. The maximum atomic E-state index is 10.9. The van der Waals surface area contributed by atoms with Crippen LogP contribution >= 0.6 is 0 Å². The molecule has 0 aliphatic rings. The first kappa shape index (κ1) is 11.3. The van der Waals surface area contributed by atoms with Gasteiger partial charge in [0.05, 0.1) is 6.26 Å². The van der Waals surface area contributed by atoms with Gasteiger partial charge in [-0.05, 0) is 24.1 Å². The number of carbonyl (C=O) groups excluding carboxylic acids is 1. The molecule has 0 fully saturated rings. The number of anilines is 1. The second-order valence-corrected chi connectivity index (χ2v) is 4.59. The van der Waals surface area contributed by atoms with Gasteiger partial charge >= 0.3 is 0 Å². The zero-order chi connectivity index (χ0) is 11.3. The van der Waals surface area contributed by atoms with Crippen molar-refractivity contribution in [3.63, 3.8) is 0 Å². The molecule has 0 amide bonds. The summed E-state index contributed by atoms with van der Waals surface area (Å²) in [7, 11) is -3.28. The number of hydrogen-bond acceptors (Lipinski definition) is 3. The van der Waals surface area contributed by atoms with E-state index in [-0.39, 0.29) is 0 Å². The topological polar surface area (TPSA) is 63.2 Å². The van der Waals surface area contributed by atoms with Gasteiger partial charge in [-0.25, -0.2) is 8.42 Å². The van der Waals surface area contributed by atoms with Crippen LogP contribution in [0.15, 0.2) is 24.3 Å². The molecule has 0 heterocycles. The van der Waals surface area contributed by atoms with Crippen molar-refractivity contribution < 1.29 is 13.2 Å². The van der Waals surface area contributed by atoms with E-state index >= 15 is 0 Å². The molecule has 78 valence electrons. The molecular weight excluding hydrogens is 214 g/mol. The van der Waals surface area contributed by atoms with E-state index < -0.39 is 10.0 Å². The maximum Gasteiger partial charge on any atom is 0.229 e. The Morgan fingerprint density at radius 3 is 2.73 bits per heavy atom. The van der Waals surface area contributed by atoms with Crippen molar-refractivity contribution >= 4 is 22.0 Å². The first-order chi connectivity index (χ1) is 7.01. The highest BCUT2D eigenvalue weighted by molar-refractivity contribution is 7.92. The lowest BCUT2D eigenvalue weighted by Gasteiger charge is -2.03. The van der Waals surface area contributed by atoms with Crippen molar-refractivity contribution in [3.05, 3.63) is 29.8 Å². The molecule has 1 N–H and O–H groups in total. The summed E-state index contributed by atoms with van der Waals surface area (Å²) < 4.78 is 24.2. The van der Waals surface area contributed by atoms with Gasteiger partial charge in [0.25, 0.3) is 0 Å². The van der Waals surface area contributed by atoms with Gasteiger partial charge in [0.1, 0.15) is 0 Å². The third-order valence-electron chi connectivity index (χ3n) is 1.44. The molecule has 0 aliphatic heterocycles. The normalized spacial score (nSPS) is 9.93. The number of benzene rings is 1. The van der Waals surface area contributed by atoms with Gasteiger partial charge < -0.3 is 0 Å². The fourth-order valence-electron chi connectivity index (χ4n) is 0.987. The van der Waals surface area contributed by atoms with Crippen LogP contribution in [0.4, 0.5) is 5.69 Å². The predicted octanol–water partition coefficient (Wildman–Crippen LogP) is 0.609. The van der Waals surface area contributed by atoms with Gasteiger partial charge in [0.2, 0.25) is 10.0 Å². The van der Waals surface area contributed by atoms with Crippen LogP contribution < -0.4 is 4.72 Å². The van der Waals surface area contributed by atoms with Gasteiger partial charge in [-0.3, -0.25) is 9.52 Å². The minimum Gasteiger partial charge on any atom is -0.289 e. The van der Waals surface area contributed by atoms with E-state index in [2.05, 4.69) is 16.6 Å². The summed E-state index contributed by atoms with van der Waals surface area (Å²) in [4.78, 5) is 10.0. The highest BCUT2D eigenvalue weighted by Crippen LogP contribution is 2.10. The average molecular weight is 223 g/mol. The molecular formula is C10H9NO3S. The summed E-state index contributed by atoms with van der Waals surface area (Å²) in [6, 6.07) is 6.50. The van der Waals surface area contributed by atoms with Crippen LogP contribution in [0.2, 0.25) is 0 Å². The Bertz CT molecular complexity index is 523. The molecule has 0 saturated heterocycles. The molecule has 0 atom stereocenters. The van der Waals surface area contributed by atoms with E-state index in [1.807, 2.05) is 0 Å². The molecule has 15 heavy (non-hydrogen) atoms. The van der Waals surface area contributed by atoms with Crippen molar-refractivity contribution in [3.8, 4) is 11.8 Å². The van der Waals surface area contributed by atoms with Crippen LogP contribution in [0.3, 0.4) is 0 Å². The molecule has 0 bridgehead atoms. The Morgan fingerprint density at radius 2 is 2.13 bits per heavy atom. The van der Waals surface area contributed by atoms with Gasteiger partial charge in [-0.2, -0.15) is 0 Å². The first-order valence-electron chi connectivity index (χ1n) is 4.04. The highest BCUT2D eigenvalue weighted by atomic mass is 32.2. The van der Waals surface area contributed by atoms with Crippen molar-refractivity contribution in [2.45, 2.75) is 0 Å². The monoisotopic (exact) mass is 223 g/mol. The Balaban J connectivity index is 2.98. The van der Waals surface area contributed by atoms with Crippen molar-refractivity contribution in [1.29, 1.82) is 0 Å². The second-order valence-electron chi connectivity index (χ2n) is 2.84. The maximum absolute atomic E-state index is 10.9. The smallest absolute Gasteiger partial charge is 0.229 e. The fourth-order valence-corrected chi connectivity index (χ4v) is 1.54. The molecule has 1 rings (SSSR count). The molecule has 5 heteroatoms. The average Bonchev–Trinajstić information content (AvgIpc) is 2.12. The molecule has 0 radical (unpaired) electrons. The summed E-state index contributed by atoms with van der Waals surface area (Å²) in [6.07, 6.45) is 1.55. The third-order valence-corrected chi connectivity index (χ3v) is 2.05. The number of carbonyl (C=O) groups is 1. The Hall–Kier alpha value is -1.80. The zero-order valence-electron chi connectivity index (χ0n) is 8.02. The van der Waals surface area contributed by atoms with Crippen molar-refractivity contribution in [1.82, 2.24) is 0 Å². The zero-order valence-corrected chi connectivity index (χ0v) is 8.84.